The van der Waals surface area contributed by atoms with Crippen LogP contribution in [0.4, 0.5) is 10.8 Å². The predicted molar refractivity (Wildman–Crippen MR) is 80.6 cm³/mol. The monoisotopic (exact) mass is 302 g/mol. The minimum Gasteiger partial charge on any atom is -0.326 e. The molecule has 0 saturated carbocycles. The molecule has 1 aliphatic rings. The summed E-state index contributed by atoms with van der Waals surface area (Å²) in [7, 11) is 0. The van der Waals surface area contributed by atoms with Crippen LogP contribution in [0.15, 0.2) is 18.2 Å². The fraction of sp³-hybridized carbons (Fsp3) is 0.286. The average molecular weight is 302 g/mol. The van der Waals surface area contributed by atoms with Crippen molar-refractivity contribution in [3.63, 3.8) is 0 Å². The Balaban J connectivity index is 1.73. The summed E-state index contributed by atoms with van der Waals surface area (Å²) in [6, 6.07) is 5.17. The van der Waals surface area contributed by atoms with Crippen molar-refractivity contribution in [1.82, 2.24) is 10.2 Å². The Bertz CT molecular complexity index is 711. The lowest BCUT2D eigenvalue weighted by atomic mass is 10.1. The molecule has 0 unspecified atom stereocenters. The number of nitrogens with one attached hydrogen (secondary N) is 2. The lowest BCUT2D eigenvalue weighted by Crippen LogP contribution is -2.11. The first kappa shape index (κ1) is 13.7. The zero-order chi connectivity index (χ0) is 14.8. The molecule has 2 N–H and O–H groups in total. The normalized spacial score (nSPS) is 12.9. The molecule has 3 rings (SSSR count). The minimum absolute atomic E-state index is 0.0455. The molecule has 2 amide bonds. The molecule has 2 aromatic rings. The van der Waals surface area contributed by atoms with Crippen molar-refractivity contribution in [3.05, 3.63) is 34.3 Å². The van der Waals surface area contributed by atoms with Gasteiger partial charge in [0.15, 0.2) is 0 Å². The van der Waals surface area contributed by atoms with E-state index in [-0.39, 0.29) is 11.8 Å². The van der Waals surface area contributed by atoms with Crippen LogP contribution in [0.3, 0.4) is 0 Å². The molecule has 7 heteroatoms. The highest BCUT2D eigenvalue weighted by atomic mass is 32.1. The van der Waals surface area contributed by atoms with E-state index in [4.69, 9.17) is 0 Å². The van der Waals surface area contributed by atoms with E-state index in [2.05, 4.69) is 27.8 Å². The molecule has 0 aliphatic carbocycles. The van der Waals surface area contributed by atoms with Crippen molar-refractivity contribution < 1.29 is 9.59 Å². The number of rotatable bonds is 4. The van der Waals surface area contributed by atoms with Gasteiger partial charge in [-0.1, -0.05) is 18.3 Å². The van der Waals surface area contributed by atoms with Gasteiger partial charge in [0.1, 0.15) is 5.01 Å². The second-order valence-corrected chi connectivity index (χ2v) is 5.86. The molecule has 1 aromatic carbocycles. The molecular weight excluding hydrogens is 288 g/mol. The molecule has 108 valence electrons. The van der Waals surface area contributed by atoms with E-state index in [1.807, 2.05) is 0 Å². The highest BCUT2D eigenvalue weighted by molar-refractivity contribution is 7.15. The summed E-state index contributed by atoms with van der Waals surface area (Å²) in [6.07, 6.45) is 2.17. The summed E-state index contributed by atoms with van der Waals surface area (Å²) in [5.74, 6) is -0.285. The Morgan fingerprint density at radius 2 is 2.29 bits per heavy atom. The van der Waals surface area contributed by atoms with Crippen molar-refractivity contribution in [3.8, 4) is 0 Å². The van der Waals surface area contributed by atoms with Gasteiger partial charge in [0.25, 0.3) is 5.91 Å². The average Bonchev–Trinajstić information content (AvgIpc) is 3.03. The van der Waals surface area contributed by atoms with Crippen LogP contribution in [0.1, 0.15) is 34.3 Å². The van der Waals surface area contributed by atoms with Crippen LogP contribution in [0, 0.1) is 0 Å². The highest BCUT2D eigenvalue weighted by Crippen LogP contribution is 2.24. The van der Waals surface area contributed by atoms with Gasteiger partial charge in [0.05, 0.1) is 6.42 Å². The van der Waals surface area contributed by atoms with Gasteiger partial charge >= 0.3 is 0 Å². The molecule has 1 aliphatic heterocycles. The molecule has 0 bridgehead atoms. The highest BCUT2D eigenvalue weighted by Gasteiger charge is 2.19. The summed E-state index contributed by atoms with van der Waals surface area (Å²) < 4.78 is 0. The lowest BCUT2D eigenvalue weighted by Gasteiger charge is -2.03. The van der Waals surface area contributed by atoms with E-state index in [9.17, 15) is 9.59 Å². The zero-order valence-electron chi connectivity index (χ0n) is 11.5. The van der Waals surface area contributed by atoms with Crippen LogP contribution in [0.25, 0.3) is 0 Å². The Morgan fingerprint density at radius 1 is 1.43 bits per heavy atom. The predicted octanol–water partition coefficient (Wildman–Crippen LogP) is 2.24. The molecule has 21 heavy (non-hydrogen) atoms. The SMILES string of the molecule is CCCc1nnc(NC(=O)c2ccc3c(c2)CC(=O)N3)s1. The summed E-state index contributed by atoms with van der Waals surface area (Å²) in [6.45, 7) is 2.07. The summed E-state index contributed by atoms with van der Waals surface area (Å²) in [5, 5.41) is 14.9. The molecular formula is C14H14N4O2S. The van der Waals surface area contributed by atoms with Gasteiger partial charge in [0.2, 0.25) is 11.0 Å². The van der Waals surface area contributed by atoms with Crippen LogP contribution in [-0.4, -0.2) is 22.0 Å². The van der Waals surface area contributed by atoms with Crippen LogP contribution in [0.5, 0.6) is 0 Å². The van der Waals surface area contributed by atoms with Gasteiger partial charge in [-0.15, -0.1) is 10.2 Å². The zero-order valence-corrected chi connectivity index (χ0v) is 12.3. The molecule has 2 heterocycles. The Kier molecular flexibility index (Phi) is 3.66. The van der Waals surface area contributed by atoms with Gasteiger partial charge in [-0.25, -0.2) is 0 Å². The number of hydrogen-bond donors (Lipinski definition) is 2. The second kappa shape index (κ2) is 5.61. The minimum atomic E-state index is -0.239. The van der Waals surface area contributed by atoms with Gasteiger partial charge in [-0.05, 0) is 30.2 Å². The van der Waals surface area contributed by atoms with Gasteiger partial charge < -0.3 is 5.32 Å². The van der Waals surface area contributed by atoms with Gasteiger partial charge in [-0.3, -0.25) is 14.9 Å². The number of fused-ring (bicyclic) bond motifs is 1. The summed E-state index contributed by atoms with van der Waals surface area (Å²) in [4.78, 5) is 23.5. The first-order valence-corrected chi connectivity index (χ1v) is 7.54. The number of hydrogen-bond acceptors (Lipinski definition) is 5. The van der Waals surface area contributed by atoms with Gasteiger partial charge in [-0.2, -0.15) is 0 Å². The summed E-state index contributed by atoms with van der Waals surface area (Å²) >= 11 is 1.39. The van der Waals surface area contributed by atoms with Crippen molar-refractivity contribution in [2.45, 2.75) is 26.2 Å². The second-order valence-electron chi connectivity index (χ2n) is 4.80. The molecule has 0 saturated heterocycles. The number of carbonyl (C=O) groups is 2. The molecule has 6 nitrogen and oxygen atoms in total. The third-order valence-corrected chi connectivity index (χ3v) is 4.04. The van der Waals surface area contributed by atoms with Crippen LogP contribution in [0.2, 0.25) is 0 Å². The number of benzene rings is 1. The Labute approximate surface area is 125 Å². The lowest BCUT2D eigenvalue weighted by molar-refractivity contribution is -0.115. The fourth-order valence-corrected chi connectivity index (χ4v) is 3.00. The van der Waals surface area contributed by atoms with E-state index in [0.717, 1.165) is 29.1 Å². The standard InChI is InChI=1S/C14H14N4O2S/c1-2-3-12-17-18-14(21-12)16-13(20)8-4-5-10-9(6-8)7-11(19)15-10/h4-6H,2-3,7H2,1H3,(H,15,19)(H,16,18,20). The first-order chi connectivity index (χ1) is 10.2. The maximum absolute atomic E-state index is 12.2. The smallest absolute Gasteiger partial charge is 0.257 e. The van der Waals surface area contributed by atoms with Crippen molar-refractivity contribution in [2.24, 2.45) is 0 Å². The third-order valence-electron chi connectivity index (χ3n) is 3.14. The number of nitrogens with zero attached hydrogens (tertiary/aromatic N) is 2. The Morgan fingerprint density at radius 3 is 3.10 bits per heavy atom. The van der Waals surface area contributed by atoms with E-state index in [0.29, 0.717) is 17.1 Å². The maximum atomic E-state index is 12.2. The number of carbonyl (C=O) groups excluding carboxylic acids is 2. The third kappa shape index (κ3) is 2.92. The fourth-order valence-electron chi connectivity index (χ4n) is 2.16. The van der Waals surface area contributed by atoms with Crippen LogP contribution in [-0.2, 0) is 17.6 Å². The number of aryl methyl sites for hydroxylation is 1. The van der Waals surface area contributed by atoms with Gasteiger partial charge in [0, 0.05) is 17.7 Å². The van der Waals surface area contributed by atoms with E-state index < -0.39 is 0 Å². The van der Waals surface area contributed by atoms with E-state index >= 15 is 0 Å². The van der Waals surface area contributed by atoms with Crippen molar-refractivity contribution >= 4 is 34.0 Å². The number of anilines is 2. The van der Waals surface area contributed by atoms with Crippen LogP contribution < -0.4 is 10.6 Å². The summed E-state index contributed by atoms with van der Waals surface area (Å²) in [5.41, 5.74) is 2.13. The topological polar surface area (TPSA) is 84.0 Å². The van der Waals surface area contributed by atoms with Crippen molar-refractivity contribution in [2.75, 3.05) is 10.6 Å². The molecule has 0 atom stereocenters. The number of amides is 2. The van der Waals surface area contributed by atoms with E-state index in [1.165, 1.54) is 11.3 Å². The Hall–Kier alpha value is -2.28. The molecule has 0 fully saturated rings. The van der Waals surface area contributed by atoms with Crippen molar-refractivity contribution in [1.29, 1.82) is 0 Å². The molecule has 0 spiro atoms. The largest absolute Gasteiger partial charge is 0.326 e. The maximum Gasteiger partial charge on any atom is 0.257 e. The number of aromatic nitrogens is 2. The molecule has 0 radical (unpaired) electrons. The van der Waals surface area contributed by atoms with E-state index in [1.54, 1.807) is 18.2 Å². The van der Waals surface area contributed by atoms with Crippen LogP contribution >= 0.6 is 11.3 Å². The quantitative estimate of drug-likeness (QED) is 0.907. The first-order valence-electron chi connectivity index (χ1n) is 6.72. The molecule has 1 aromatic heterocycles.